The minimum absolute atomic E-state index is 0.269. The monoisotopic (exact) mass is 277 g/mol. The molecule has 1 aliphatic carbocycles. The highest BCUT2D eigenvalue weighted by atomic mass is 16.3. The van der Waals surface area contributed by atoms with E-state index in [0.717, 1.165) is 22.4 Å². The van der Waals surface area contributed by atoms with Gasteiger partial charge in [-0.05, 0) is 54.8 Å². The first kappa shape index (κ1) is 12.1. The van der Waals surface area contributed by atoms with E-state index >= 15 is 0 Å². The van der Waals surface area contributed by atoms with Gasteiger partial charge in [0, 0.05) is 29.7 Å². The lowest BCUT2D eigenvalue weighted by molar-refractivity contribution is 0.475. The smallest absolute Gasteiger partial charge is 0.115 e. The molecule has 0 amide bonds. The summed E-state index contributed by atoms with van der Waals surface area (Å²) in [7, 11) is 0. The zero-order valence-corrected chi connectivity index (χ0v) is 11.5. The maximum Gasteiger partial charge on any atom is 0.115 e. The molecule has 1 aliphatic rings. The first-order valence-corrected chi connectivity index (χ1v) is 7.10. The van der Waals surface area contributed by atoms with Gasteiger partial charge >= 0.3 is 0 Å². The van der Waals surface area contributed by atoms with E-state index in [4.69, 9.17) is 5.10 Å². The zero-order valence-electron chi connectivity index (χ0n) is 11.5. The van der Waals surface area contributed by atoms with Gasteiger partial charge in [-0.25, -0.2) is 0 Å². The van der Waals surface area contributed by atoms with Gasteiger partial charge in [-0.15, -0.1) is 0 Å². The van der Waals surface area contributed by atoms with Crippen molar-refractivity contribution in [2.75, 3.05) is 0 Å². The highest BCUT2D eigenvalue weighted by molar-refractivity contribution is 5.80. The van der Waals surface area contributed by atoms with E-state index in [1.54, 1.807) is 24.5 Å². The second-order valence-electron chi connectivity index (χ2n) is 5.39. The van der Waals surface area contributed by atoms with Crippen molar-refractivity contribution in [1.29, 1.82) is 0 Å². The van der Waals surface area contributed by atoms with Crippen molar-refractivity contribution >= 4 is 0 Å². The number of nitrogens with zero attached hydrogens (tertiary/aromatic N) is 3. The molecule has 1 fully saturated rings. The van der Waals surface area contributed by atoms with Gasteiger partial charge in [0.1, 0.15) is 11.4 Å². The summed E-state index contributed by atoms with van der Waals surface area (Å²) in [5.74, 6) is 0.269. The summed E-state index contributed by atoms with van der Waals surface area (Å²) in [6, 6.07) is 11.7. The molecule has 4 heteroatoms. The Morgan fingerprint density at radius 3 is 2.33 bits per heavy atom. The highest BCUT2D eigenvalue weighted by Gasteiger charge is 2.26. The number of benzene rings is 1. The van der Waals surface area contributed by atoms with Gasteiger partial charge in [-0.1, -0.05) is 0 Å². The average Bonchev–Trinajstić information content (AvgIpc) is 3.28. The van der Waals surface area contributed by atoms with Crippen molar-refractivity contribution < 1.29 is 5.11 Å². The second-order valence-corrected chi connectivity index (χ2v) is 5.39. The van der Waals surface area contributed by atoms with Crippen LogP contribution in [0.4, 0.5) is 0 Å². The Morgan fingerprint density at radius 2 is 1.67 bits per heavy atom. The minimum atomic E-state index is 0.269. The standard InChI is InChI=1S/C17H15N3O/c21-15-5-1-13(2-6-15)17-16(12-7-9-18-10-8-12)11-20(19-17)14-3-4-14/h1-2,5-11,14,21H,3-4H2. The van der Waals surface area contributed by atoms with Gasteiger partial charge in [0.15, 0.2) is 0 Å². The van der Waals surface area contributed by atoms with Gasteiger partial charge in [0.25, 0.3) is 0 Å². The van der Waals surface area contributed by atoms with E-state index in [1.165, 1.54) is 12.8 Å². The molecule has 0 atom stereocenters. The van der Waals surface area contributed by atoms with Crippen LogP contribution in [0.2, 0.25) is 0 Å². The Balaban J connectivity index is 1.86. The molecule has 0 bridgehead atoms. The molecule has 3 aromatic rings. The number of aromatic nitrogens is 3. The number of rotatable bonds is 3. The Morgan fingerprint density at radius 1 is 0.952 bits per heavy atom. The van der Waals surface area contributed by atoms with Crippen molar-refractivity contribution in [1.82, 2.24) is 14.8 Å². The molecule has 0 radical (unpaired) electrons. The lowest BCUT2D eigenvalue weighted by Gasteiger charge is -2.02. The van der Waals surface area contributed by atoms with Crippen LogP contribution in [0, 0.1) is 0 Å². The van der Waals surface area contributed by atoms with Crippen LogP contribution in [0.1, 0.15) is 18.9 Å². The lowest BCUT2D eigenvalue weighted by atomic mass is 10.0. The predicted octanol–water partition coefficient (Wildman–Crippen LogP) is 3.65. The molecule has 104 valence electrons. The molecule has 0 saturated heterocycles. The van der Waals surface area contributed by atoms with Gasteiger partial charge in [-0.3, -0.25) is 9.67 Å². The first-order chi connectivity index (χ1) is 10.3. The zero-order chi connectivity index (χ0) is 14.2. The Bertz CT molecular complexity index is 758. The molecular weight excluding hydrogens is 262 g/mol. The van der Waals surface area contributed by atoms with Gasteiger partial charge in [0.2, 0.25) is 0 Å². The van der Waals surface area contributed by atoms with E-state index < -0.39 is 0 Å². The van der Waals surface area contributed by atoms with Crippen LogP contribution in [-0.4, -0.2) is 19.9 Å². The van der Waals surface area contributed by atoms with Crippen molar-refractivity contribution in [3.63, 3.8) is 0 Å². The molecule has 2 aromatic heterocycles. The van der Waals surface area contributed by atoms with Crippen LogP contribution in [0.5, 0.6) is 5.75 Å². The molecule has 2 heterocycles. The largest absolute Gasteiger partial charge is 0.508 e. The number of hydrogen-bond acceptors (Lipinski definition) is 3. The molecule has 1 aromatic carbocycles. The van der Waals surface area contributed by atoms with Crippen LogP contribution in [0.15, 0.2) is 55.0 Å². The Hall–Kier alpha value is -2.62. The maximum absolute atomic E-state index is 9.46. The molecule has 4 rings (SSSR count). The van der Waals surface area contributed by atoms with E-state index in [-0.39, 0.29) is 5.75 Å². The van der Waals surface area contributed by atoms with E-state index in [0.29, 0.717) is 6.04 Å². The SMILES string of the molecule is Oc1ccc(-c2nn(C3CC3)cc2-c2ccncc2)cc1. The van der Waals surface area contributed by atoms with E-state index in [2.05, 4.69) is 15.9 Å². The fraction of sp³-hybridized carbons (Fsp3) is 0.176. The lowest BCUT2D eigenvalue weighted by Crippen LogP contribution is -1.93. The molecule has 1 saturated carbocycles. The van der Waals surface area contributed by atoms with Crippen LogP contribution >= 0.6 is 0 Å². The average molecular weight is 277 g/mol. The van der Waals surface area contributed by atoms with Gasteiger partial charge in [-0.2, -0.15) is 5.10 Å². The number of hydrogen-bond donors (Lipinski definition) is 1. The third kappa shape index (κ3) is 2.29. The summed E-state index contributed by atoms with van der Waals surface area (Å²) in [6.45, 7) is 0. The molecule has 0 spiro atoms. The fourth-order valence-corrected chi connectivity index (χ4v) is 2.49. The molecule has 1 N–H and O–H groups in total. The number of aromatic hydroxyl groups is 1. The quantitative estimate of drug-likeness (QED) is 0.795. The summed E-state index contributed by atoms with van der Waals surface area (Å²) >= 11 is 0. The number of phenolic OH excluding ortho intramolecular Hbond substituents is 1. The predicted molar refractivity (Wildman–Crippen MR) is 80.8 cm³/mol. The van der Waals surface area contributed by atoms with Crippen LogP contribution in [-0.2, 0) is 0 Å². The molecule has 21 heavy (non-hydrogen) atoms. The van der Waals surface area contributed by atoms with Crippen LogP contribution in [0.3, 0.4) is 0 Å². The van der Waals surface area contributed by atoms with Crippen molar-refractivity contribution in [2.24, 2.45) is 0 Å². The Kier molecular flexibility index (Phi) is 2.74. The number of phenols is 1. The molecular formula is C17H15N3O. The van der Waals surface area contributed by atoms with Crippen LogP contribution < -0.4 is 0 Å². The fourth-order valence-electron chi connectivity index (χ4n) is 2.49. The van der Waals surface area contributed by atoms with Crippen molar-refractivity contribution in [3.8, 4) is 28.1 Å². The third-order valence-electron chi connectivity index (χ3n) is 3.79. The minimum Gasteiger partial charge on any atom is -0.508 e. The maximum atomic E-state index is 9.46. The Labute approximate surface area is 122 Å². The summed E-state index contributed by atoms with van der Waals surface area (Å²) in [4.78, 5) is 4.08. The summed E-state index contributed by atoms with van der Waals surface area (Å²) < 4.78 is 2.07. The highest BCUT2D eigenvalue weighted by Crippen LogP contribution is 2.38. The molecule has 0 unspecified atom stereocenters. The summed E-state index contributed by atoms with van der Waals surface area (Å²) in [6.07, 6.45) is 8.11. The topological polar surface area (TPSA) is 50.9 Å². The van der Waals surface area contributed by atoms with Crippen molar-refractivity contribution in [2.45, 2.75) is 18.9 Å². The van der Waals surface area contributed by atoms with Gasteiger partial charge < -0.3 is 5.11 Å². The van der Waals surface area contributed by atoms with Crippen molar-refractivity contribution in [3.05, 3.63) is 55.0 Å². The summed E-state index contributed by atoms with van der Waals surface area (Å²) in [5, 5.41) is 14.2. The third-order valence-corrected chi connectivity index (χ3v) is 3.79. The second kappa shape index (κ2) is 4.74. The van der Waals surface area contributed by atoms with E-state index in [1.807, 2.05) is 24.3 Å². The van der Waals surface area contributed by atoms with E-state index in [9.17, 15) is 5.11 Å². The first-order valence-electron chi connectivity index (χ1n) is 7.10. The summed E-state index contributed by atoms with van der Waals surface area (Å²) in [5.41, 5.74) is 4.18. The van der Waals surface area contributed by atoms with Crippen LogP contribution in [0.25, 0.3) is 22.4 Å². The molecule has 0 aliphatic heterocycles. The van der Waals surface area contributed by atoms with Gasteiger partial charge in [0.05, 0.1) is 6.04 Å². The normalized spacial score (nSPS) is 14.3. The molecule has 4 nitrogen and oxygen atoms in total. The number of pyridine rings is 1.